The molecule has 0 spiro atoms. The van der Waals surface area contributed by atoms with Crippen LogP contribution in [-0.4, -0.2) is 28.8 Å². The highest BCUT2D eigenvalue weighted by molar-refractivity contribution is 7.89. The van der Waals surface area contributed by atoms with Gasteiger partial charge in [0.15, 0.2) is 11.6 Å². The minimum absolute atomic E-state index is 0.0177. The van der Waals surface area contributed by atoms with Crippen molar-refractivity contribution in [3.8, 4) is 0 Å². The van der Waals surface area contributed by atoms with Gasteiger partial charge in [0.05, 0.1) is 10.6 Å². The molecule has 5 rings (SSSR count). The Hall–Kier alpha value is -2.79. The van der Waals surface area contributed by atoms with Crippen LogP contribution in [0.2, 0.25) is 0 Å². The normalized spacial score (nSPS) is 22.2. The minimum Gasteiger partial charge on any atom is -0.424 e. The first-order valence-corrected chi connectivity index (χ1v) is 12.1. The molecule has 9 nitrogen and oxygen atoms in total. The van der Waals surface area contributed by atoms with Gasteiger partial charge in [0.25, 0.3) is 0 Å². The maximum absolute atomic E-state index is 14.8. The molecular weight excluding hydrogens is 435 g/mol. The van der Waals surface area contributed by atoms with Crippen LogP contribution in [0.3, 0.4) is 0 Å². The average molecular weight is 461 g/mol. The Labute approximate surface area is 185 Å². The molecule has 2 aliphatic rings. The van der Waals surface area contributed by atoms with Crippen molar-refractivity contribution >= 4 is 21.5 Å². The molecule has 11 heteroatoms. The number of aromatic nitrogens is 4. The maximum atomic E-state index is 14.8. The number of rotatable bonds is 4. The summed E-state index contributed by atoms with van der Waals surface area (Å²) in [5.41, 5.74) is 1.10. The van der Waals surface area contributed by atoms with Crippen molar-refractivity contribution in [2.75, 3.05) is 5.32 Å². The van der Waals surface area contributed by atoms with Gasteiger partial charge in [0, 0.05) is 41.1 Å². The van der Waals surface area contributed by atoms with E-state index >= 15 is 0 Å². The maximum Gasteiger partial charge on any atom is 0.241 e. The zero-order chi connectivity index (χ0) is 22.7. The minimum atomic E-state index is -3.62. The van der Waals surface area contributed by atoms with E-state index in [-0.39, 0.29) is 39.9 Å². The van der Waals surface area contributed by atoms with Crippen molar-refractivity contribution in [2.45, 2.75) is 68.7 Å². The first-order chi connectivity index (χ1) is 15.1. The fourth-order valence-electron chi connectivity index (χ4n) is 4.30. The molecule has 0 amide bonds. The van der Waals surface area contributed by atoms with Gasteiger partial charge in [-0.25, -0.2) is 17.5 Å². The lowest BCUT2D eigenvalue weighted by Gasteiger charge is -2.11. The lowest BCUT2D eigenvalue weighted by Crippen LogP contribution is -2.13. The van der Waals surface area contributed by atoms with Crippen molar-refractivity contribution in [3.63, 3.8) is 0 Å². The van der Waals surface area contributed by atoms with E-state index in [0.717, 1.165) is 25.0 Å². The quantitative estimate of drug-likeness (QED) is 0.540. The summed E-state index contributed by atoms with van der Waals surface area (Å²) in [6, 6.07) is 4.69. The molecule has 3 N–H and O–H groups in total. The number of sulfonamides is 1. The van der Waals surface area contributed by atoms with Crippen LogP contribution in [0.25, 0.3) is 0 Å². The number of nitrogens with one attached hydrogen (secondary N) is 3. The lowest BCUT2D eigenvalue weighted by atomic mass is 9.97. The Morgan fingerprint density at radius 1 is 1.19 bits per heavy atom. The number of nitrogens with zero attached hydrogens (tertiary/aromatic N) is 3. The molecule has 0 bridgehead atoms. The molecule has 2 aromatic heterocycles. The van der Waals surface area contributed by atoms with Crippen molar-refractivity contribution in [1.29, 1.82) is 0 Å². The van der Waals surface area contributed by atoms with Gasteiger partial charge < -0.3 is 9.73 Å². The van der Waals surface area contributed by atoms with Gasteiger partial charge in [0.1, 0.15) is 0 Å². The fourth-order valence-corrected chi connectivity index (χ4v) is 5.52. The molecule has 2 atom stereocenters. The van der Waals surface area contributed by atoms with Gasteiger partial charge >= 0.3 is 0 Å². The molecule has 1 aliphatic carbocycles. The SMILES string of the molecule is CC(C)(C)c1nnc([C@@H]2CC[C@H](c3cc(Nc4ccc5c(c4F)CNS5(=O)=O)n[nH]3)C2)o1. The van der Waals surface area contributed by atoms with Gasteiger partial charge in [-0.2, -0.15) is 5.10 Å². The molecule has 1 aliphatic heterocycles. The van der Waals surface area contributed by atoms with Crippen LogP contribution in [-0.2, 0) is 22.0 Å². The number of anilines is 2. The number of fused-ring (bicyclic) bond motifs is 1. The van der Waals surface area contributed by atoms with Crippen LogP contribution >= 0.6 is 0 Å². The van der Waals surface area contributed by atoms with Crippen LogP contribution in [0.4, 0.5) is 15.9 Å². The fraction of sp³-hybridized carbons (Fsp3) is 0.476. The smallest absolute Gasteiger partial charge is 0.241 e. The summed E-state index contributed by atoms with van der Waals surface area (Å²) in [6.45, 7) is 6.07. The van der Waals surface area contributed by atoms with Crippen molar-refractivity contribution in [2.24, 2.45) is 0 Å². The molecule has 0 radical (unpaired) electrons. The summed E-state index contributed by atoms with van der Waals surface area (Å²) in [5.74, 6) is 1.66. The van der Waals surface area contributed by atoms with E-state index in [1.165, 1.54) is 12.1 Å². The van der Waals surface area contributed by atoms with Crippen LogP contribution in [0.15, 0.2) is 27.5 Å². The third kappa shape index (κ3) is 3.69. The number of benzene rings is 1. The van der Waals surface area contributed by atoms with Crippen LogP contribution in [0, 0.1) is 5.82 Å². The topological polar surface area (TPSA) is 126 Å². The zero-order valence-electron chi connectivity index (χ0n) is 18.1. The Balaban J connectivity index is 1.29. The first kappa shape index (κ1) is 21.1. The number of aromatic amines is 1. The van der Waals surface area contributed by atoms with E-state index in [0.29, 0.717) is 17.6 Å². The summed E-state index contributed by atoms with van der Waals surface area (Å²) < 4.78 is 46.8. The summed E-state index contributed by atoms with van der Waals surface area (Å²) in [5, 5.41) is 18.7. The largest absolute Gasteiger partial charge is 0.424 e. The van der Waals surface area contributed by atoms with Gasteiger partial charge in [0.2, 0.25) is 21.8 Å². The van der Waals surface area contributed by atoms with Crippen molar-refractivity contribution < 1.29 is 17.2 Å². The van der Waals surface area contributed by atoms with E-state index in [9.17, 15) is 12.8 Å². The summed E-state index contributed by atoms with van der Waals surface area (Å²) in [7, 11) is -3.62. The van der Waals surface area contributed by atoms with E-state index in [1.807, 2.05) is 26.8 Å². The van der Waals surface area contributed by atoms with Gasteiger partial charge in [-0.1, -0.05) is 20.8 Å². The highest BCUT2D eigenvalue weighted by Crippen LogP contribution is 2.43. The Morgan fingerprint density at radius 2 is 1.97 bits per heavy atom. The number of hydrogen-bond acceptors (Lipinski definition) is 7. The van der Waals surface area contributed by atoms with Gasteiger partial charge in [-0.05, 0) is 31.4 Å². The predicted octanol–water partition coefficient (Wildman–Crippen LogP) is 3.82. The van der Waals surface area contributed by atoms with E-state index in [4.69, 9.17) is 4.42 Å². The monoisotopic (exact) mass is 460 g/mol. The zero-order valence-corrected chi connectivity index (χ0v) is 18.9. The molecular formula is C21H25FN6O3S. The Morgan fingerprint density at radius 3 is 2.72 bits per heavy atom. The molecule has 1 saturated carbocycles. The summed E-state index contributed by atoms with van der Waals surface area (Å²) >= 11 is 0. The number of H-pyrrole nitrogens is 1. The standard InChI is InChI=1S/C21H25FN6O3S/c1-21(2,3)20-28-27-19(31-20)12-5-4-11(8-12)15-9-17(26-25-15)24-14-6-7-16-13(18(14)22)10-23-32(16,29)30/h6-7,9,11-12,23H,4-5,8,10H2,1-3H3,(H2,24,25,26)/t11-,12+/m0/s1. The number of halogens is 1. The number of hydrogen-bond donors (Lipinski definition) is 3. The molecule has 1 fully saturated rings. The summed E-state index contributed by atoms with van der Waals surface area (Å²) in [4.78, 5) is -0.0177. The third-order valence-corrected chi connectivity index (χ3v) is 7.58. The lowest BCUT2D eigenvalue weighted by molar-refractivity contribution is 0.355. The highest BCUT2D eigenvalue weighted by atomic mass is 32.2. The molecule has 0 saturated heterocycles. The molecule has 170 valence electrons. The Kier molecular flexibility index (Phi) is 4.86. The predicted molar refractivity (Wildman–Crippen MR) is 115 cm³/mol. The summed E-state index contributed by atoms with van der Waals surface area (Å²) in [6.07, 6.45) is 2.76. The van der Waals surface area contributed by atoms with Crippen LogP contribution in [0.5, 0.6) is 0 Å². The first-order valence-electron chi connectivity index (χ1n) is 10.6. The molecule has 3 aromatic rings. The van der Waals surface area contributed by atoms with E-state index < -0.39 is 15.8 Å². The van der Waals surface area contributed by atoms with Crippen molar-refractivity contribution in [1.82, 2.24) is 25.1 Å². The van der Waals surface area contributed by atoms with E-state index in [1.54, 1.807) is 0 Å². The van der Waals surface area contributed by atoms with Crippen LogP contribution in [0.1, 0.15) is 74.9 Å². The Bertz CT molecular complexity index is 1280. The van der Waals surface area contributed by atoms with Crippen LogP contribution < -0.4 is 10.0 Å². The van der Waals surface area contributed by atoms with Gasteiger partial charge in [-0.15, -0.1) is 10.2 Å². The molecule has 1 aromatic carbocycles. The molecule has 3 heterocycles. The third-order valence-electron chi connectivity index (χ3n) is 6.09. The van der Waals surface area contributed by atoms with E-state index in [2.05, 4.69) is 30.4 Å². The molecule has 0 unspecified atom stereocenters. The van der Waals surface area contributed by atoms with Crippen molar-refractivity contribution in [3.05, 3.63) is 47.1 Å². The second-order valence-corrected chi connectivity index (χ2v) is 11.2. The second-order valence-electron chi connectivity index (χ2n) is 9.46. The highest BCUT2D eigenvalue weighted by Gasteiger charge is 2.33. The second kappa shape index (κ2) is 7.38. The van der Waals surface area contributed by atoms with Gasteiger partial charge in [-0.3, -0.25) is 5.10 Å². The average Bonchev–Trinajstić information content (AvgIpc) is 3.49. The molecule has 32 heavy (non-hydrogen) atoms.